The van der Waals surface area contributed by atoms with Gasteiger partial charge in [-0.05, 0) is 13.3 Å². The summed E-state index contributed by atoms with van der Waals surface area (Å²) in [6, 6.07) is 0. The number of likely N-dealkylation sites (tertiary alicyclic amines) is 1. The zero-order chi connectivity index (χ0) is 14.2. The summed E-state index contributed by atoms with van der Waals surface area (Å²) >= 11 is 0. The third-order valence-electron chi connectivity index (χ3n) is 3.32. The number of rotatable bonds is 3. The lowest BCUT2D eigenvalue weighted by Gasteiger charge is -2.30. The first kappa shape index (κ1) is 18.5. The van der Waals surface area contributed by atoms with Crippen molar-refractivity contribution < 1.29 is 23.1 Å². The molecule has 0 aliphatic carbocycles. The molecule has 0 radical (unpaired) electrons. The van der Waals surface area contributed by atoms with Crippen molar-refractivity contribution in [1.29, 1.82) is 0 Å². The van der Waals surface area contributed by atoms with Gasteiger partial charge < -0.3 is 15.7 Å². The van der Waals surface area contributed by atoms with E-state index < -0.39 is 36.2 Å². The van der Waals surface area contributed by atoms with Crippen molar-refractivity contribution in [1.82, 2.24) is 4.90 Å². The van der Waals surface area contributed by atoms with E-state index in [1.54, 1.807) is 0 Å². The summed E-state index contributed by atoms with van der Waals surface area (Å²) < 4.78 is 37.8. The summed E-state index contributed by atoms with van der Waals surface area (Å²) in [5.41, 5.74) is 1.82. The summed E-state index contributed by atoms with van der Waals surface area (Å²) in [7, 11) is 0. The minimum atomic E-state index is -4.72. The molecule has 1 aliphatic rings. The van der Waals surface area contributed by atoms with Crippen molar-refractivity contribution in [2.45, 2.75) is 50.4 Å². The quantitative estimate of drug-likeness (QED) is 0.829. The van der Waals surface area contributed by atoms with E-state index in [1.807, 2.05) is 6.92 Å². The second-order valence-corrected chi connectivity index (χ2v) is 5.17. The van der Waals surface area contributed by atoms with Gasteiger partial charge in [-0.3, -0.25) is 4.79 Å². The first-order chi connectivity index (χ1) is 8.03. The molecule has 0 saturated carbocycles. The van der Waals surface area contributed by atoms with Crippen LogP contribution in [0.3, 0.4) is 0 Å². The Labute approximate surface area is 116 Å². The van der Waals surface area contributed by atoms with Gasteiger partial charge in [0, 0.05) is 13.0 Å². The highest BCUT2D eigenvalue weighted by Gasteiger charge is 2.58. The largest absolute Gasteiger partial charge is 0.419 e. The average molecular weight is 305 g/mol. The van der Waals surface area contributed by atoms with E-state index >= 15 is 0 Å². The molecule has 1 fully saturated rings. The Morgan fingerprint density at radius 1 is 1.47 bits per heavy atom. The van der Waals surface area contributed by atoms with Crippen LogP contribution in [-0.4, -0.2) is 46.3 Å². The predicted octanol–water partition coefficient (Wildman–Crippen LogP) is 1.45. The second-order valence-electron chi connectivity index (χ2n) is 5.17. The second kappa shape index (κ2) is 5.85. The Hall–Kier alpha value is -0.530. The number of hydrogen-bond acceptors (Lipinski definition) is 3. The third-order valence-corrected chi connectivity index (χ3v) is 3.32. The Bertz CT molecular complexity index is 336. The fourth-order valence-electron chi connectivity index (χ4n) is 2.19. The minimum Gasteiger partial charge on any atom is -0.379 e. The highest BCUT2D eigenvalue weighted by molar-refractivity contribution is 5.86. The number of carbonyl (C=O) groups excluding carboxylic acids is 1. The number of aliphatic hydroxyl groups is 1. The lowest BCUT2D eigenvalue weighted by atomic mass is 9.96. The molecule has 3 N–H and O–H groups in total. The van der Waals surface area contributed by atoms with Crippen LogP contribution >= 0.6 is 12.4 Å². The van der Waals surface area contributed by atoms with Gasteiger partial charge in [0.1, 0.15) is 0 Å². The van der Waals surface area contributed by atoms with Gasteiger partial charge in [-0.2, -0.15) is 13.2 Å². The van der Waals surface area contributed by atoms with Crippen LogP contribution in [0.4, 0.5) is 13.2 Å². The van der Waals surface area contributed by atoms with Crippen molar-refractivity contribution in [3.63, 3.8) is 0 Å². The first-order valence-corrected chi connectivity index (χ1v) is 5.91. The molecule has 1 amide bonds. The van der Waals surface area contributed by atoms with Gasteiger partial charge in [0.25, 0.3) is 0 Å². The summed E-state index contributed by atoms with van der Waals surface area (Å²) in [4.78, 5) is 13.0. The maximum atomic E-state index is 12.6. The van der Waals surface area contributed by atoms with Gasteiger partial charge in [-0.1, -0.05) is 13.3 Å². The number of hydrogen-bond donors (Lipinski definition) is 2. The van der Waals surface area contributed by atoms with Crippen molar-refractivity contribution in [2.75, 3.05) is 13.1 Å². The highest BCUT2D eigenvalue weighted by atomic mass is 35.5. The maximum Gasteiger partial charge on any atom is 0.419 e. The molecule has 0 aromatic heterocycles. The zero-order valence-corrected chi connectivity index (χ0v) is 11.8. The number of carbonyl (C=O) groups is 1. The maximum absolute atomic E-state index is 12.6. The molecule has 1 saturated heterocycles. The lowest BCUT2D eigenvalue weighted by molar-refractivity contribution is -0.253. The molecule has 0 spiro atoms. The Kier molecular flexibility index (Phi) is 5.68. The van der Waals surface area contributed by atoms with Gasteiger partial charge in [0.2, 0.25) is 5.91 Å². The zero-order valence-electron chi connectivity index (χ0n) is 11.0. The molecule has 4 nitrogen and oxygen atoms in total. The van der Waals surface area contributed by atoms with Gasteiger partial charge in [-0.25, -0.2) is 0 Å². The van der Waals surface area contributed by atoms with E-state index in [0.29, 0.717) is 12.8 Å². The summed E-state index contributed by atoms with van der Waals surface area (Å²) in [6.07, 6.45) is -4.16. The molecule has 114 valence electrons. The van der Waals surface area contributed by atoms with Crippen LogP contribution < -0.4 is 5.73 Å². The minimum absolute atomic E-state index is 0. The molecule has 2 atom stereocenters. The molecular formula is C11H20ClF3N2O2. The van der Waals surface area contributed by atoms with Gasteiger partial charge in [0.15, 0.2) is 5.60 Å². The molecule has 0 bridgehead atoms. The number of nitrogens with two attached hydrogens (primary N) is 1. The molecular weight excluding hydrogens is 285 g/mol. The molecule has 19 heavy (non-hydrogen) atoms. The fraction of sp³-hybridized carbons (Fsp3) is 0.909. The van der Waals surface area contributed by atoms with E-state index in [2.05, 4.69) is 0 Å². The Morgan fingerprint density at radius 2 is 2.00 bits per heavy atom. The molecule has 1 aliphatic heterocycles. The predicted molar refractivity (Wildman–Crippen MR) is 67.0 cm³/mol. The standard InChI is InChI=1S/C11H19F3N2O2.ClH/c1-3-4-9(2,15)8(17)16-6-5-10(18,7-16)11(12,13)14;/h18H,3-7,15H2,1-2H3;1H. The van der Waals surface area contributed by atoms with Gasteiger partial charge in [-0.15, -0.1) is 12.4 Å². The molecule has 0 aromatic carbocycles. The number of halogens is 4. The smallest absolute Gasteiger partial charge is 0.379 e. The highest BCUT2D eigenvalue weighted by Crippen LogP contribution is 2.38. The van der Waals surface area contributed by atoms with Crippen LogP contribution in [0.1, 0.15) is 33.1 Å². The van der Waals surface area contributed by atoms with E-state index in [9.17, 15) is 23.1 Å². The fourth-order valence-corrected chi connectivity index (χ4v) is 2.19. The third kappa shape index (κ3) is 3.73. The first-order valence-electron chi connectivity index (χ1n) is 5.91. The normalized spacial score (nSPS) is 26.8. The topological polar surface area (TPSA) is 66.6 Å². The van der Waals surface area contributed by atoms with Crippen LogP contribution in [0.25, 0.3) is 0 Å². The number of amides is 1. The van der Waals surface area contributed by atoms with Crippen molar-refractivity contribution in [3.05, 3.63) is 0 Å². The number of β-amino-alcohol motifs (C(OH)–C–C–N with tert-alkyl or cyclic N) is 1. The summed E-state index contributed by atoms with van der Waals surface area (Å²) in [6.45, 7) is 2.50. The molecule has 1 heterocycles. The molecule has 8 heteroatoms. The van der Waals surface area contributed by atoms with Gasteiger partial charge in [0.05, 0.1) is 12.1 Å². The van der Waals surface area contributed by atoms with E-state index in [4.69, 9.17) is 5.73 Å². The van der Waals surface area contributed by atoms with Crippen molar-refractivity contribution in [2.24, 2.45) is 5.73 Å². The van der Waals surface area contributed by atoms with Crippen LogP contribution in [0.15, 0.2) is 0 Å². The van der Waals surface area contributed by atoms with Crippen LogP contribution in [0.2, 0.25) is 0 Å². The molecule has 0 aromatic rings. The van der Waals surface area contributed by atoms with Crippen molar-refractivity contribution >= 4 is 18.3 Å². The average Bonchev–Trinajstić information content (AvgIpc) is 2.60. The lowest BCUT2D eigenvalue weighted by Crippen LogP contribution is -2.55. The van der Waals surface area contributed by atoms with E-state index in [0.717, 1.165) is 4.90 Å². The van der Waals surface area contributed by atoms with Crippen LogP contribution in [0, 0.1) is 0 Å². The number of nitrogens with zero attached hydrogens (tertiary/aromatic N) is 1. The van der Waals surface area contributed by atoms with E-state index in [1.165, 1.54) is 6.92 Å². The Morgan fingerprint density at radius 3 is 2.37 bits per heavy atom. The summed E-state index contributed by atoms with van der Waals surface area (Å²) in [5.74, 6) is -0.537. The summed E-state index contributed by atoms with van der Waals surface area (Å²) in [5, 5.41) is 9.48. The monoisotopic (exact) mass is 304 g/mol. The van der Waals surface area contributed by atoms with E-state index in [-0.39, 0.29) is 19.0 Å². The van der Waals surface area contributed by atoms with Crippen LogP contribution in [0.5, 0.6) is 0 Å². The number of alkyl halides is 3. The SMILES string of the molecule is CCCC(C)(N)C(=O)N1CCC(O)(C(F)(F)F)C1.Cl. The van der Waals surface area contributed by atoms with Crippen molar-refractivity contribution in [3.8, 4) is 0 Å². The van der Waals surface area contributed by atoms with Crippen LogP contribution in [-0.2, 0) is 4.79 Å². The Balaban J connectivity index is 0.00000324. The van der Waals surface area contributed by atoms with Gasteiger partial charge >= 0.3 is 6.18 Å². The molecule has 1 rings (SSSR count). The molecule has 2 unspecified atom stereocenters.